The van der Waals surface area contributed by atoms with Gasteiger partial charge in [-0.25, -0.2) is 4.39 Å². The molecule has 0 aliphatic heterocycles. The Bertz CT molecular complexity index is 390. The third-order valence-corrected chi connectivity index (χ3v) is 5.27. The molecule has 0 saturated carbocycles. The van der Waals surface area contributed by atoms with E-state index in [0.29, 0.717) is 20.5 Å². The molecule has 0 aromatic carbocycles. The molecule has 1 rings (SSSR count). The Balaban J connectivity index is 3.27. The molecule has 0 aliphatic rings. The lowest BCUT2D eigenvalue weighted by Gasteiger charge is -2.18. The van der Waals surface area contributed by atoms with Crippen LogP contribution in [0, 0.1) is 5.82 Å². The van der Waals surface area contributed by atoms with Crippen LogP contribution < -0.4 is 5.32 Å². The molecule has 0 spiro atoms. The molecule has 5 heteroatoms. The molecule has 0 atom stereocenters. The first kappa shape index (κ1) is 14.0. The molecule has 0 amide bonds. The molecule has 1 heterocycles. The molecule has 0 bridgehead atoms. The van der Waals surface area contributed by atoms with Crippen LogP contribution in [0.1, 0.15) is 13.8 Å². The van der Waals surface area contributed by atoms with E-state index in [2.05, 4.69) is 24.6 Å². The molecule has 1 aromatic rings. The maximum Gasteiger partial charge on any atom is 0.155 e. The standard InChI is InChI=1S/C11H17ClFNSSi/c1-7(2)15-10-8(12)6-14-11(9(10)13)16(3,4)5/h6-7H,1-5H3. The van der Waals surface area contributed by atoms with Crippen LogP contribution in [0.3, 0.4) is 0 Å². The average molecular weight is 278 g/mol. The largest absolute Gasteiger partial charge is 0.261 e. The fraction of sp³-hybridized carbons (Fsp3) is 0.545. The first-order chi connectivity index (χ1) is 7.23. The van der Waals surface area contributed by atoms with Gasteiger partial charge in [0, 0.05) is 11.4 Å². The van der Waals surface area contributed by atoms with Crippen LogP contribution in [0.4, 0.5) is 4.39 Å². The summed E-state index contributed by atoms with van der Waals surface area (Å²) in [5, 5.41) is 1.34. The van der Waals surface area contributed by atoms with Gasteiger partial charge in [0.1, 0.15) is 8.07 Å². The Morgan fingerprint density at radius 3 is 2.38 bits per heavy atom. The van der Waals surface area contributed by atoms with Crippen molar-refractivity contribution in [3.63, 3.8) is 0 Å². The summed E-state index contributed by atoms with van der Waals surface area (Å²) in [5.74, 6) is -0.217. The highest BCUT2D eigenvalue weighted by Crippen LogP contribution is 2.31. The molecular weight excluding hydrogens is 261 g/mol. The van der Waals surface area contributed by atoms with Crippen molar-refractivity contribution < 1.29 is 4.39 Å². The van der Waals surface area contributed by atoms with Crippen molar-refractivity contribution in [3.8, 4) is 0 Å². The predicted molar refractivity (Wildman–Crippen MR) is 73.2 cm³/mol. The minimum absolute atomic E-state index is 0.217. The zero-order chi connectivity index (χ0) is 12.5. The monoisotopic (exact) mass is 277 g/mol. The van der Waals surface area contributed by atoms with Crippen molar-refractivity contribution in [3.05, 3.63) is 17.0 Å². The molecule has 0 unspecified atom stereocenters. The summed E-state index contributed by atoms with van der Waals surface area (Å²) in [5.41, 5.74) is 0. The smallest absolute Gasteiger partial charge is 0.155 e. The van der Waals surface area contributed by atoms with Crippen molar-refractivity contribution in [1.29, 1.82) is 0 Å². The number of rotatable bonds is 3. The van der Waals surface area contributed by atoms with Crippen molar-refractivity contribution in [1.82, 2.24) is 4.98 Å². The normalized spacial score (nSPS) is 12.2. The number of halogens is 2. The third kappa shape index (κ3) is 3.21. The molecule has 0 fully saturated rings. The Kier molecular flexibility index (Phi) is 4.43. The van der Waals surface area contributed by atoms with E-state index in [1.54, 1.807) is 6.20 Å². The Morgan fingerprint density at radius 1 is 1.38 bits per heavy atom. The van der Waals surface area contributed by atoms with Crippen LogP contribution in [0.5, 0.6) is 0 Å². The molecule has 1 aromatic heterocycles. The van der Waals surface area contributed by atoms with Gasteiger partial charge < -0.3 is 0 Å². The zero-order valence-electron chi connectivity index (χ0n) is 10.3. The zero-order valence-corrected chi connectivity index (χ0v) is 12.8. The van der Waals surface area contributed by atoms with Crippen molar-refractivity contribution >= 4 is 36.8 Å². The van der Waals surface area contributed by atoms with Crippen LogP contribution in [-0.2, 0) is 0 Å². The molecule has 16 heavy (non-hydrogen) atoms. The highest BCUT2D eigenvalue weighted by Gasteiger charge is 2.26. The van der Waals surface area contributed by atoms with Crippen LogP contribution >= 0.6 is 23.4 Å². The van der Waals surface area contributed by atoms with Gasteiger partial charge in [-0.15, -0.1) is 11.8 Å². The number of hydrogen-bond donors (Lipinski definition) is 0. The summed E-state index contributed by atoms with van der Waals surface area (Å²) in [7, 11) is -1.74. The minimum Gasteiger partial charge on any atom is -0.261 e. The minimum atomic E-state index is -1.74. The molecule has 0 N–H and O–H groups in total. The van der Waals surface area contributed by atoms with Crippen LogP contribution in [0.25, 0.3) is 0 Å². The fourth-order valence-corrected chi connectivity index (χ4v) is 3.74. The van der Waals surface area contributed by atoms with Crippen molar-refractivity contribution in [2.24, 2.45) is 0 Å². The second-order valence-corrected chi connectivity index (χ2v) is 12.0. The maximum atomic E-state index is 14.3. The predicted octanol–water partition coefficient (Wildman–Crippen LogP) is 3.92. The Labute approximate surface area is 107 Å². The first-order valence-corrected chi connectivity index (χ1v) is 10.0. The fourth-order valence-electron chi connectivity index (χ4n) is 1.32. The van der Waals surface area contributed by atoms with Gasteiger partial charge >= 0.3 is 0 Å². The quantitative estimate of drug-likeness (QED) is 0.614. The van der Waals surface area contributed by atoms with Gasteiger partial charge in [0.05, 0.1) is 15.2 Å². The van der Waals surface area contributed by atoms with Gasteiger partial charge in [-0.05, 0) is 0 Å². The Morgan fingerprint density at radius 2 is 1.94 bits per heavy atom. The second-order valence-electron chi connectivity index (χ2n) is 5.01. The van der Waals surface area contributed by atoms with Gasteiger partial charge in [-0.1, -0.05) is 45.1 Å². The molecular formula is C11H17ClFNSSi. The number of thioether (sulfide) groups is 1. The topological polar surface area (TPSA) is 12.9 Å². The molecule has 1 nitrogen and oxygen atoms in total. The van der Waals surface area contributed by atoms with Gasteiger partial charge in [-0.3, -0.25) is 4.98 Å². The summed E-state index contributed by atoms with van der Waals surface area (Å²) in [6.45, 7) is 10.3. The average Bonchev–Trinajstić information content (AvgIpc) is 2.09. The molecule has 0 saturated heterocycles. The Hall–Kier alpha value is -0.0631. The maximum absolute atomic E-state index is 14.3. The lowest BCUT2D eigenvalue weighted by atomic mass is 10.5. The molecule has 0 aliphatic carbocycles. The van der Waals surface area contributed by atoms with E-state index in [-0.39, 0.29) is 5.82 Å². The number of nitrogens with zero attached hydrogens (tertiary/aromatic N) is 1. The lowest BCUT2D eigenvalue weighted by Crippen LogP contribution is -2.42. The number of hydrogen-bond acceptors (Lipinski definition) is 2. The van der Waals surface area contributed by atoms with Gasteiger partial charge in [0.2, 0.25) is 0 Å². The summed E-state index contributed by atoms with van der Waals surface area (Å²) in [6, 6.07) is 0. The number of pyridine rings is 1. The van der Waals surface area contributed by atoms with E-state index >= 15 is 0 Å². The van der Waals surface area contributed by atoms with E-state index in [4.69, 9.17) is 11.6 Å². The highest BCUT2D eigenvalue weighted by molar-refractivity contribution is 8.00. The van der Waals surface area contributed by atoms with E-state index in [9.17, 15) is 4.39 Å². The SMILES string of the molecule is CC(C)Sc1c(Cl)cnc([Si](C)(C)C)c1F. The number of aromatic nitrogens is 1. The molecule has 0 radical (unpaired) electrons. The molecule has 90 valence electrons. The summed E-state index contributed by atoms with van der Waals surface area (Å²) >= 11 is 7.44. The van der Waals surface area contributed by atoms with Crippen molar-refractivity contribution in [2.75, 3.05) is 0 Å². The van der Waals surface area contributed by atoms with Gasteiger partial charge in [-0.2, -0.15) is 0 Å². The van der Waals surface area contributed by atoms with Crippen LogP contribution in [0.2, 0.25) is 24.7 Å². The van der Waals surface area contributed by atoms with E-state index in [1.807, 2.05) is 13.8 Å². The highest BCUT2D eigenvalue weighted by atomic mass is 35.5. The summed E-state index contributed by atoms with van der Waals surface area (Å²) in [6.07, 6.45) is 1.57. The summed E-state index contributed by atoms with van der Waals surface area (Å²) < 4.78 is 14.3. The van der Waals surface area contributed by atoms with Crippen molar-refractivity contribution in [2.45, 2.75) is 43.6 Å². The third-order valence-electron chi connectivity index (χ3n) is 2.00. The second kappa shape index (κ2) is 5.06. The first-order valence-electron chi connectivity index (χ1n) is 5.24. The van der Waals surface area contributed by atoms with E-state index in [1.165, 1.54) is 11.8 Å². The summed E-state index contributed by atoms with van der Waals surface area (Å²) in [4.78, 5) is 4.70. The van der Waals surface area contributed by atoms with Crippen LogP contribution in [0.15, 0.2) is 11.1 Å². The lowest BCUT2D eigenvalue weighted by molar-refractivity contribution is 0.604. The van der Waals surface area contributed by atoms with E-state index in [0.717, 1.165) is 0 Å². The van der Waals surface area contributed by atoms with Gasteiger partial charge in [0.15, 0.2) is 5.82 Å². The van der Waals surface area contributed by atoms with Gasteiger partial charge in [0.25, 0.3) is 0 Å². The van der Waals surface area contributed by atoms with Crippen LogP contribution in [-0.4, -0.2) is 18.3 Å². The van der Waals surface area contributed by atoms with E-state index < -0.39 is 8.07 Å².